The Morgan fingerprint density at radius 2 is 1.67 bits per heavy atom. The molecule has 0 aliphatic heterocycles. The fourth-order valence-electron chi connectivity index (χ4n) is 2.25. The number of hydrogen-bond acceptors (Lipinski definition) is 4. The molecule has 0 heterocycles. The Morgan fingerprint density at radius 3 is 2.29 bits per heavy atom. The first kappa shape index (κ1) is 15.2. The fourth-order valence-corrected chi connectivity index (χ4v) is 2.25. The molecule has 0 amide bonds. The lowest BCUT2D eigenvalue weighted by Crippen LogP contribution is -2.26. The van der Waals surface area contributed by atoms with Gasteiger partial charge in [0, 0.05) is 24.3 Å². The zero-order valence-corrected chi connectivity index (χ0v) is 12.5. The lowest BCUT2D eigenvalue weighted by atomic mass is 10.1. The maximum atomic E-state index is 9.31. The molecule has 0 bridgehead atoms. The van der Waals surface area contributed by atoms with E-state index in [1.165, 1.54) is 0 Å². The van der Waals surface area contributed by atoms with E-state index in [0.717, 1.165) is 22.7 Å². The molecule has 0 saturated carbocycles. The Balaban J connectivity index is 2.21. The smallest absolute Gasteiger partial charge is 0.123 e. The number of anilines is 1. The molecule has 0 saturated heterocycles. The summed E-state index contributed by atoms with van der Waals surface area (Å²) in [6, 6.07) is 15.7. The molecule has 2 aromatic carbocycles. The van der Waals surface area contributed by atoms with Crippen molar-refractivity contribution < 1.29 is 14.6 Å². The van der Waals surface area contributed by atoms with Crippen LogP contribution in [0.1, 0.15) is 5.56 Å². The fraction of sp³-hybridized carbons (Fsp3) is 0.294. The molecular formula is C17H21NO3. The van der Waals surface area contributed by atoms with Gasteiger partial charge in [0.1, 0.15) is 11.5 Å². The minimum atomic E-state index is 0.0984. The van der Waals surface area contributed by atoms with Crippen LogP contribution in [0.5, 0.6) is 11.5 Å². The standard InChI is InChI=1S/C17H21NO3/c1-20-16-9-7-15(8-10-16)18(11-12-19)13-14-5-3-4-6-17(14)21-2/h3-10,19H,11-13H2,1-2H3. The van der Waals surface area contributed by atoms with Crippen molar-refractivity contribution in [3.63, 3.8) is 0 Å². The van der Waals surface area contributed by atoms with Crippen LogP contribution in [0.3, 0.4) is 0 Å². The van der Waals surface area contributed by atoms with Crippen LogP contribution in [0, 0.1) is 0 Å². The van der Waals surface area contributed by atoms with Crippen LogP contribution in [0.15, 0.2) is 48.5 Å². The van der Waals surface area contributed by atoms with Gasteiger partial charge in [-0.25, -0.2) is 0 Å². The van der Waals surface area contributed by atoms with Crippen LogP contribution in [-0.2, 0) is 6.54 Å². The van der Waals surface area contributed by atoms with E-state index >= 15 is 0 Å². The van der Waals surface area contributed by atoms with Crippen molar-refractivity contribution in [2.45, 2.75) is 6.54 Å². The monoisotopic (exact) mass is 287 g/mol. The minimum absolute atomic E-state index is 0.0984. The van der Waals surface area contributed by atoms with Crippen molar-refractivity contribution in [1.29, 1.82) is 0 Å². The molecule has 2 rings (SSSR count). The minimum Gasteiger partial charge on any atom is -0.497 e. The van der Waals surface area contributed by atoms with Gasteiger partial charge >= 0.3 is 0 Å². The second-order valence-electron chi connectivity index (χ2n) is 4.66. The van der Waals surface area contributed by atoms with Gasteiger partial charge in [-0.05, 0) is 30.3 Å². The number of aliphatic hydroxyl groups excluding tert-OH is 1. The molecule has 0 aromatic heterocycles. The van der Waals surface area contributed by atoms with Gasteiger partial charge in [0.15, 0.2) is 0 Å². The van der Waals surface area contributed by atoms with Crippen LogP contribution < -0.4 is 14.4 Å². The molecule has 0 spiro atoms. The summed E-state index contributed by atoms with van der Waals surface area (Å²) in [5.74, 6) is 1.67. The summed E-state index contributed by atoms with van der Waals surface area (Å²) in [6.07, 6.45) is 0. The maximum Gasteiger partial charge on any atom is 0.123 e. The molecule has 0 unspecified atom stereocenters. The number of methoxy groups -OCH3 is 2. The Hall–Kier alpha value is -2.20. The average molecular weight is 287 g/mol. The van der Waals surface area contributed by atoms with Gasteiger partial charge in [-0.2, -0.15) is 0 Å². The highest BCUT2D eigenvalue weighted by Gasteiger charge is 2.10. The normalized spacial score (nSPS) is 10.2. The Morgan fingerprint density at radius 1 is 0.952 bits per heavy atom. The zero-order valence-electron chi connectivity index (χ0n) is 12.5. The summed E-state index contributed by atoms with van der Waals surface area (Å²) in [4.78, 5) is 2.11. The van der Waals surface area contributed by atoms with Crippen molar-refractivity contribution >= 4 is 5.69 Å². The summed E-state index contributed by atoms with van der Waals surface area (Å²) >= 11 is 0. The van der Waals surface area contributed by atoms with Crippen molar-refractivity contribution in [3.05, 3.63) is 54.1 Å². The van der Waals surface area contributed by atoms with Crippen LogP contribution in [0.2, 0.25) is 0 Å². The molecule has 0 aliphatic rings. The molecule has 0 fully saturated rings. The van der Waals surface area contributed by atoms with E-state index in [2.05, 4.69) is 4.90 Å². The predicted molar refractivity (Wildman–Crippen MR) is 84.1 cm³/mol. The van der Waals surface area contributed by atoms with Crippen LogP contribution in [0.4, 0.5) is 5.69 Å². The highest BCUT2D eigenvalue weighted by atomic mass is 16.5. The lowest BCUT2D eigenvalue weighted by Gasteiger charge is -2.25. The SMILES string of the molecule is COc1ccc(N(CCO)Cc2ccccc2OC)cc1. The second-order valence-corrected chi connectivity index (χ2v) is 4.66. The van der Waals surface area contributed by atoms with Crippen molar-refractivity contribution in [2.24, 2.45) is 0 Å². The van der Waals surface area contributed by atoms with Crippen molar-refractivity contribution in [3.8, 4) is 11.5 Å². The summed E-state index contributed by atoms with van der Waals surface area (Å²) in [7, 11) is 3.32. The average Bonchev–Trinajstić information content (AvgIpc) is 2.55. The number of benzene rings is 2. The number of nitrogens with zero attached hydrogens (tertiary/aromatic N) is 1. The quantitative estimate of drug-likeness (QED) is 0.850. The number of ether oxygens (including phenoxy) is 2. The van der Waals surface area contributed by atoms with Gasteiger partial charge in [0.05, 0.1) is 20.8 Å². The van der Waals surface area contributed by atoms with Gasteiger partial charge in [-0.3, -0.25) is 0 Å². The number of rotatable bonds is 7. The van der Waals surface area contributed by atoms with E-state index in [1.807, 2.05) is 48.5 Å². The Bertz CT molecular complexity index is 554. The van der Waals surface area contributed by atoms with Gasteiger partial charge in [0.25, 0.3) is 0 Å². The van der Waals surface area contributed by atoms with Crippen LogP contribution in [-0.4, -0.2) is 32.5 Å². The number of aliphatic hydroxyl groups is 1. The van der Waals surface area contributed by atoms with E-state index in [0.29, 0.717) is 13.1 Å². The third kappa shape index (κ3) is 3.89. The van der Waals surface area contributed by atoms with Crippen LogP contribution in [0.25, 0.3) is 0 Å². The van der Waals surface area contributed by atoms with Gasteiger partial charge in [0.2, 0.25) is 0 Å². The van der Waals surface area contributed by atoms with E-state index in [4.69, 9.17) is 9.47 Å². The summed E-state index contributed by atoms with van der Waals surface area (Å²) < 4.78 is 10.6. The third-order valence-corrected chi connectivity index (χ3v) is 3.36. The largest absolute Gasteiger partial charge is 0.497 e. The highest BCUT2D eigenvalue weighted by Crippen LogP contribution is 2.24. The van der Waals surface area contributed by atoms with E-state index in [9.17, 15) is 5.11 Å². The van der Waals surface area contributed by atoms with Gasteiger partial charge in [-0.15, -0.1) is 0 Å². The Kier molecular flexibility index (Phi) is 5.46. The Labute approximate surface area is 125 Å². The molecule has 4 nitrogen and oxygen atoms in total. The summed E-state index contributed by atoms with van der Waals surface area (Å²) in [5, 5.41) is 9.31. The van der Waals surface area contributed by atoms with Crippen molar-refractivity contribution in [2.75, 3.05) is 32.3 Å². The van der Waals surface area contributed by atoms with Crippen molar-refractivity contribution in [1.82, 2.24) is 0 Å². The maximum absolute atomic E-state index is 9.31. The van der Waals surface area contributed by atoms with Gasteiger partial charge in [-0.1, -0.05) is 18.2 Å². The molecule has 0 radical (unpaired) electrons. The molecule has 21 heavy (non-hydrogen) atoms. The number of para-hydroxylation sites is 1. The summed E-state index contributed by atoms with van der Waals surface area (Å²) in [6.45, 7) is 1.34. The van der Waals surface area contributed by atoms with Crippen LogP contribution >= 0.6 is 0 Å². The predicted octanol–water partition coefficient (Wildman–Crippen LogP) is 2.70. The molecule has 2 aromatic rings. The molecule has 4 heteroatoms. The van der Waals surface area contributed by atoms with Gasteiger partial charge < -0.3 is 19.5 Å². The first-order chi connectivity index (χ1) is 10.3. The number of hydrogen-bond donors (Lipinski definition) is 1. The summed E-state index contributed by atoms with van der Waals surface area (Å²) in [5.41, 5.74) is 2.13. The lowest BCUT2D eigenvalue weighted by molar-refractivity contribution is 0.301. The second kappa shape index (κ2) is 7.55. The highest BCUT2D eigenvalue weighted by molar-refractivity contribution is 5.50. The first-order valence-electron chi connectivity index (χ1n) is 6.90. The third-order valence-electron chi connectivity index (χ3n) is 3.36. The topological polar surface area (TPSA) is 41.9 Å². The first-order valence-corrected chi connectivity index (χ1v) is 6.90. The molecule has 0 aliphatic carbocycles. The van der Waals surface area contributed by atoms with E-state index in [1.54, 1.807) is 14.2 Å². The van der Waals surface area contributed by atoms with E-state index in [-0.39, 0.29) is 6.61 Å². The molecule has 1 N–H and O–H groups in total. The van der Waals surface area contributed by atoms with E-state index < -0.39 is 0 Å². The molecule has 112 valence electrons. The molecule has 0 atom stereocenters. The molecular weight excluding hydrogens is 266 g/mol. The zero-order chi connectivity index (χ0) is 15.1.